The van der Waals surface area contributed by atoms with E-state index in [9.17, 15) is 4.79 Å². The fourth-order valence-corrected chi connectivity index (χ4v) is 5.06. The number of aliphatic imine (C=N–C) groups is 1. The fourth-order valence-electron chi connectivity index (χ4n) is 4.20. The summed E-state index contributed by atoms with van der Waals surface area (Å²) in [6, 6.07) is 5.11. The number of carbonyl (C=O) groups is 1. The molecule has 28 heavy (non-hydrogen) atoms. The first-order valence-corrected chi connectivity index (χ1v) is 11.7. The standard InChI is InChI=1S/C21H35N5OS/c1-22-21(23-12-11-20(27)25-17-8-3-2-4-9-17)24-16-18(19-10-7-15-28-19)26-13-5-6-14-26/h7,10,15,17-18H,2-6,8-9,11-14,16H2,1H3,(H,25,27)(H2,22,23,24). The molecule has 1 aromatic rings. The Morgan fingerprint density at radius 2 is 2.00 bits per heavy atom. The molecule has 2 aliphatic rings. The minimum atomic E-state index is 0.142. The molecule has 0 bridgehead atoms. The van der Waals surface area contributed by atoms with Gasteiger partial charge >= 0.3 is 0 Å². The van der Waals surface area contributed by atoms with E-state index in [1.54, 1.807) is 7.05 Å². The number of nitrogens with zero attached hydrogens (tertiary/aromatic N) is 2. The van der Waals surface area contributed by atoms with Gasteiger partial charge in [0.2, 0.25) is 5.91 Å². The number of thiophene rings is 1. The molecule has 3 N–H and O–H groups in total. The van der Waals surface area contributed by atoms with Gasteiger partial charge in [0.1, 0.15) is 0 Å². The van der Waals surface area contributed by atoms with Gasteiger partial charge in [-0.2, -0.15) is 0 Å². The third-order valence-corrected chi connectivity index (χ3v) is 6.73. The average molecular weight is 406 g/mol. The summed E-state index contributed by atoms with van der Waals surface area (Å²) in [4.78, 5) is 20.4. The number of hydrogen-bond acceptors (Lipinski definition) is 4. The average Bonchev–Trinajstić information content (AvgIpc) is 3.42. The zero-order valence-electron chi connectivity index (χ0n) is 17.1. The van der Waals surface area contributed by atoms with Crippen LogP contribution in [0.3, 0.4) is 0 Å². The second-order valence-corrected chi connectivity index (χ2v) is 8.79. The second kappa shape index (κ2) is 11.4. The van der Waals surface area contributed by atoms with Crippen LogP contribution in [0.25, 0.3) is 0 Å². The molecule has 156 valence electrons. The predicted octanol–water partition coefficient (Wildman–Crippen LogP) is 2.89. The number of nitrogens with one attached hydrogen (secondary N) is 3. The van der Waals surface area contributed by atoms with Gasteiger partial charge in [-0.3, -0.25) is 14.7 Å². The van der Waals surface area contributed by atoms with Crippen LogP contribution in [0.5, 0.6) is 0 Å². The van der Waals surface area contributed by atoms with Gasteiger partial charge in [-0.05, 0) is 50.2 Å². The van der Waals surface area contributed by atoms with Gasteiger partial charge in [-0.1, -0.05) is 25.3 Å². The molecular formula is C21H35N5OS. The molecule has 7 heteroatoms. The van der Waals surface area contributed by atoms with Crippen molar-refractivity contribution in [2.45, 2.75) is 63.5 Å². The molecule has 0 radical (unpaired) electrons. The maximum Gasteiger partial charge on any atom is 0.221 e. The topological polar surface area (TPSA) is 68.8 Å². The van der Waals surface area contributed by atoms with E-state index in [4.69, 9.17) is 0 Å². The summed E-state index contributed by atoms with van der Waals surface area (Å²) in [5, 5.41) is 12.1. The third-order valence-electron chi connectivity index (χ3n) is 5.75. The lowest BCUT2D eigenvalue weighted by Gasteiger charge is -2.27. The molecule has 1 aliphatic carbocycles. The first-order valence-electron chi connectivity index (χ1n) is 10.8. The second-order valence-electron chi connectivity index (χ2n) is 7.81. The van der Waals surface area contributed by atoms with E-state index >= 15 is 0 Å². The van der Waals surface area contributed by atoms with Crippen molar-refractivity contribution in [3.63, 3.8) is 0 Å². The van der Waals surface area contributed by atoms with Gasteiger partial charge in [0, 0.05) is 37.5 Å². The van der Waals surface area contributed by atoms with Gasteiger partial charge < -0.3 is 16.0 Å². The van der Waals surface area contributed by atoms with Crippen LogP contribution in [-0.4, -0.2) is 56.0 Å². The summed E-state index contributed by atoms with van der Waals surface area (Å²) in [5.74, 6) is 0.912. The quantitative estimate of drug-likeness (QED) is 0.459. The molecule has 0 spiro atoms. The molecule has 1 saturated carbocycles. The van der Waals surface area contributed by atoms with Gasteiger partial charge in [-0.15, -0.1) is 11.3 Å². The molecule has 6 nitrogen and oxygen atoms in total. The Balaban J connectivity index is 1.40. The maximum absolute atomic E-state index is 12.2. The van der Waals surface area contributed by atoms with Gasteiger partial charge in [-0.25, -0.2) is 0 Å². The van der Waals surface area contributed by atoms with Gasteiger partial charge in [0.05, 0.1) is 6.04 Å². The Kier molecular flexibility index (Phi) is 8.61. The fraction of sp³-hybridized carbons (Fsp3) is 0.714. The Morgan fingerprint density at radius 1 is 1.21 bits per heavy atom. The van der Waals surface area contributed by atoms with Crippen molar-refractivity contribution in [2.75, 3.05) is 33.2 Å². The van der Waals surface area contributed by atoms with Gasteiger partial charge in [0.25, 0.3) is 0 Å². The highest BCUT2D eigenvalue weighted by atomic mass is 32.1. The highest BCUT2D eigenvalue weighted by Gasteiger charge is 2.24. The number of guanidine groups is 1. The molecule has 1 aromatic heterocycles. The van der Waals surface area contributed by atoms with Crippen molar-refractivity contribution in [3.05, 3.63) is 22.4 Å². The molecule has 1 aliphatic heterocycles. The lowest BCUT2D eigenvalue weighted by Crippen LogP contribution is -2.44. The molecule has 2 heterocycles. The zero-order valence-corrected chi connectivity index (χ0v) is 17.9. The zero-order chi connectivity index (χ0) is 19.6. The van der Waals surface area contributed by atoms with Crippen LogP contribution in [0, 0.1) is 0 Å². The van der Waals surface area contributed by atoms with Crippen LogP contribution < -0.4 is 16.0 Å². The number of rotatable bonds is 8. The summed E-state index contributed by atoms with van der Waals surface area (Å²) in [5.41, 5.74) is 0. The maximum atomic E-state index is 12.2. The minimum Gasteiger partial charge on any atom is -0.356 e. The number of amides is 1. The third kappa shape index (κ3) is 6.48. The highest BCUT2D eigenvalue weighted by molar-refractivity contribution is 7.10. The Labute approximate surface area is 173 Å². The first kappa shape index (κ1) is 21.1. The summed E-state index contributed by atoms with van der Waals surface area (Å²) in [6.07, 6.45) is 9.09. The molecule has 2 fully saturated rings. The van der Waals surface area contributed by atoms with E-state index in [-0.39, 0.29) is 5.91 Å². The molecule has 0 aromatic carbocycles. The normalized spacial score (nSPS) is 20.1. The predicted molar refractivity (Wildman–Crippen MR) is 117 cm³/mol. The van der Waals surface area contributed by atoms with Crippen molar-refractivity contribution in [3.8, 4) is 0 Å². The van der Waals surface area contributed by atoms with Crippen molar-refractivity contribution >= 4 is 23.2 Å². The summed E-state index contributed by atoms with van der Waals surface area (Å²) in [6.45, 7) is 3.76. The Morgan fingerprint density at radius 3 is 2.68 bits per heavy atom. The molecule has 1 amide bonds. The smallest absolute Gasteiger partial charge is 0.221 e. The SMILES string of the molecule is CN=C(NCCC(=O)NC1CCCCC1)NCC(c1cccs1)N1CCCC1. The minimum absolute atomic E-state index is 0.142. The molecule has 1 unspecified atom stereocenters. The Bertz CT molecular complexity index is 606. The first-order chi connectivity index (χ1) is 13.8. The van der Waals surface area contributed by atoms with Crippen LogP contribution in [0.4, 0.5) is 0 Å². The van der Waals surface area contributed by atoms with Crippen molar-refractivity contribution in [1.29, 1.82) is 0 Å². The van der Waals surface area contributed by atoms with E-state index < -0.39 is 0 Å². The largest absolute Gasteiger partial charge is 0.356 e. The van der Waals surface area contributed by atoms with E-state index in [1.807, 2.05) is 11.3 Å². The summed E-state index contributed by atoms with van der Waals surface area (Å²) in [7, 11) is 1.79. The van der Waals surface area contributed by atoms with Crippen molar-refractivity contribution in [1.82, 2.24) is 20.9 Å². The van der Waals surface area contributed by atoms with Gasteiger partial charge in [0.15, 0.2) is 5.96 Å². The monoisotopic (exact) mass is 405 g/mol. The van der Waals surface area contributed by atoms with E-state index in [2.05, 4.69) is 43.4 Å². The van der Waals surface area contributed by atoms with Crippen molar-refractivity contribution in [2.24, 2.45) is 4.99 Å². The highest BCUT2D eigenvalue weighted by Crippen LogP contribution is 2.27. The lowest BCUT2D eigenvalue weighted by atomic mass is 9.95. The van der Waals surface area contributed by atoms with Crippen LogP contribution in [0.15, 0.2) is 22.5 Å². The lowest BCUT2D eigenvalue weighted by molar-refractivity contribution is -0.121. The van der Waals surface area contributed by atoms with E-state index in [0.29, 0.717) is 25.0 Å². The molecular weight excluding hydrogens is 370 g/mol. The van der Waals surface area contributed by atoms with Crippen molar-refractivity contribution < 1.29 is 4.79 Å². The number of carbonyl (C=O) groups excluding carboxylic acids is 1. The summed E-state index contributed by atoms with van der Waals surface area (Å²) >= 11 is 1.82. The Hall–Kier alpha value is -1.60. The van der Waals surface area contributed by atoms with E-state index in [0.717, 1.165) is 38.4 Å². The van der Waals surface area contributed by atoms with Crippen LogP contribution in [0.1, 0.15) is 62.3 Å². The molecule has 1 atom stereocenters. The van der Waals surface area contributed by atoms with Crippen LogP contribution in [0.2, 0.25) is 0 Å². The van der Waals surface area contributed by atoms with Crippen LogP contribution in [-0.2, 0) is 4.79 Å². The van der Waals surface area contributed by atoms with Crippen LogP contribution >= 0.6 is 11.3 Å². The number of hydrogen-bond donors (Lipinski definition) is 3. The number of likely N-dealkylation sites (tertiary alicyclic amines) is 1. The molecule has 3 rings (SSSR count). The summed E-state index contributed by atoms with van der Waals surface area (Å²) < 4.78 is 0. The molecule has 1 saturated heterocycles. The van der Waals surface area contributed by atoms with E-state index in [1.165, 1.54) is 37.0 Å².